The van der Waals surface area contributed by atoms with Crippen LogP contribution in [0.3, 0.4) is 0 Å². The molecule has 4 rings (SSSR count). The van der Waals surface area contributed by atoms with Crippen molar-refractivity contribution in [1.82, 2.24) is 20.1 Å². The van der Waals surface area contributed by atoms with E-state index in [2.05, 4.69) is 36.0 Å². The van der Waals surface area contributed by atoms with Crippen LogP contribution in [0.15, 0.2) is 60.8 Å². The number of hydrogen-bond acceptors (Lipinski definition) is 7. The lowest BCUT2D eigenvalue weighted by Gasteiger charge is -2.42. The standard InChI is InChI=1S/C44H61F2N5O4S/c1-31(52)23-34(13-8-9-19-47)40(53)14-10-20-49-41(54)18-22-56-30-42(55)51(28-33-17-21-48-26-33)43(44(2,3)4)39-24-35(37-25-36(45)15-16-38(37)46)29-50(39)27-32-11-6-5-7-12-32/h5-7,11-12,15-16,24-25,29,33-34,43,48H,8-10,13-14,17-23,26-28,30,47H2,1-4H3,(H,49,54)/t33?,34-,43+/m1/s1. The summed E-state index contributed by atoms with van der Waals surface area (Å²) in [5.74, 6) is -0.586. The number of thioether (sulfide) groups is 1. The van der Waals surface area contributed by atoms with Crippen LogP contribution in [0.1, 0.15) is 96.4 Å². The number of carbonyl (C=O) groups excluding carboxylic acids is 4. The molecule has 0 spiro atoms. The third kappa shape index (κ3) is 14.0. The minimum atomic E-state index is -0.526. The van der Waals surface area contributed by atoms with E-state index in [-0.39, 0.29) is 59.4 Å². The molecule has 1 fully saturated rings. The molecule has 1 aliphatic heterocycles. The Kier molecular flexibility index (Phi) is 17.8. The Bertz CT molecular complexity index is 1740. The molecule has 0 bridgehead atoms. The molecule has 0 aliphatic carbocycles. The SMILES string of the molecule is CC(=O)C[C@@H](CCCCN)C(=O)CCCNC(=O)CCSCC(=O)N(CC1CCNC1)[C@@H](c1cc(-c2cc(F)ccc2F)cn1Cc1ccccc1)C(C)(C)C. The van der Waals surface area contributed by atoms with E-state index in [1.807, 2.05) is 47.5 Å². The fourth-order valence-electron chi connectivity index (χ4n) is 7.56. The van der Waals surface area contributed by atoms with Crippen LogP contribution in [0.2, 0.25) is 0 Å². The number of rotatable bonds is 23. The number of unbranched alkanes of at least 4 members (excludes halogenated alkanes) is 1. The van der Waals surface area contributed by atoms with Crippen LogP contribution >= 0.6 is 11.8 Å². The van der Waals surface area contributed by atoms with Gasteiger partial charge in [-0.15, -0.1) is 0 Å². The van der Waals surface area contributed by atoms with E-state index >= 15 is 4.39 Å². The normalized spacial score (nSPS) is 15.4. The summed E-state index contributed by atoms with van der Waals surface area (Å²) >= 11 is 1.41. The highest BCUT2D eigenvalue weighted by Gasteiger charge is 2.38. The van der Waals surface area contributed by atoms with Crippen molar-refractivity contribution in [2.75, 3.05) is 44.2 Å². The molecule has 2 heterocycles. The molecule has 1 saturated heterocycles. The monoisotopic (exact) mass is 793 g/mol. The number of benzene rings is 2. The van der Waals surface area contributed by atoms with E-state index < -0.39 is 23.1 Å². The maximum atomic E-state index is 15.2. The van der Waals surface area contributed by atoms with Gasteiger partial charge in [-0.05, 0) is 93.4 Å². The minimum Gasteiger partial charge on any atom is -0.356 e. The smallest absolute Gasteiger partial charge is 0.233 e. The number of aromatic nitrogens is 1. The van der Waals surface area contributed by atoms with Gasteiger partial charge in [0.15, 0.2) is 0 Å². The molecule has 1 aliphatic rings. The fourth-order valence-corrected chi connectivity index (χ4v) is 8.38. The van der Waals surface area contributed by atoms with Crippen LogP contribution in [0.25, 0.3) is 11.1 Å². The number of Topliss-reactive ketones (excluding diaryl/α,β-unsaturated/α-hetero) is 2. The molecule has 56 heavy (non-hydrogen) atoms. The second-order valence-corrected chi connectivity index (χ2v) is 17.3. The van der Waals surface area contributed by atoms with E-state index in [0.717, 1.165) is 55.7 Å². The maximum Gasteiger partial charge on any atom is 0.233 e. The Hall–Kier alpha value is -3.87. The third-order valence-corrected chi connectivity index (χ3v) is 11.3. The first-order valence-electron chi connectivity index (χ1n) is 20.0. The van der Waals surface area contributed by atoms with Crippen LogP contribution in [0.4, 0.5) is 8.78 Å². The lowest BCUT2D eigenvalue weighted by atomic mass is 9.82. The van der Waals surface area contributed by atoms with E-state index in [9.17, 15) is 23.6 Å². The predicted molar refractivity (Wildman–Crippen MR) is 221 cm³/mol. The van der Waals surface area contributed by atoms with Gasteiger partial charge in [-0.2, -0.15) is 11.8 Å². The average molecular weight is 794 g/mol. The van der Waals surface area contributed by atoms with Gasteiger partial charge in [0.1, 0.15) is 23.2 Å². The maximum absolute atomic E-state index is 15.2. The van der Waals surface area contributed by atoms with Crippen molar-refractivity contribution in [3.05, 3.63) is 83.7 Å². The summed E-state index contributed by atoms with van der Waals surface area (Å²) in [5.41, 5.74) is 7.74. The van der Waals surface area contributed by atoms with Crippen molar-refractivity contribution in [2.45, 2.75) is 91.6 Å². The molecule has 9 nitrogen and oxygen atoms in total. The van der Waals surface area contributed by atoms with Gasteiger partial charge in [-0.25, -0.2) is 8.78 Å². The van der Waals surface area contributed by atoms with Gasteiger partial charge in [-0.1, -0.05) is 57.5 Å². The van der Waals surface area contributed by atoms with E-state index in [1.54, 1.807) is 0 Å². The molecule has 306 valence electrons. The summed E-state index contributed by atoms with van der Waals surface area (Å²) in [6.07, 6.45) is 6.36. The highest BCUT2D eigenvalue weighted by atomic mass is 32.2. The van der Waals surface area contributed by atoms with Gasteiger partial charge in [-0.3, -0.25) is 14.4 Å². The van der Waals surface area contributed by atoms with Crippen LogP contribution < -0.4 is 16.4 Å². The minimum absolute atomic E-state index is 0.00247. The third-order valence-electron chi connectivity index (χ3n) is 10.3. The van der Waals surface area contributed by atoms with E-state index in [0.29, 0.717) is 56.8 Å². The van der Waals surface area contributed by atoms with E-state index in [1.165, 1.54) is 24.8 Å². The largest absolute Gasteiger partial charge is 0.356 e. The summed E-state index contributed by atoms with van der Waals surface area (Å²) in [5, 5.41) is 6.32. The molecule has 12 heteroatoms. The van der Waals surface area contributed by atoms with Crippen LogP contribution in [-0.2, 0) is 25.7 Å². The topological polar surface area (TPSA) is 127 Å². The molecule has 4 N–H and O–H groups in total. The number of nitrogens with one attached hydrogen (secondary N) is 2. The second-order valence-electron chi connectivity index (χ2n) is 16.2. The van der Waals surface area contributed by atoms with Gasteiger partial charge in [0.25, 0.3) is 0 Å². The lowest BCUT2D eigenvalue weighted by molar-refractivity contribution is -0.134. The van der Waals surface area contributed by atoms with Crippen LogP contribution in [0, 0.1) is 28.9 Å². The zero-order valence-corrected chi connectivity index (χ0v) is 34.4. The Morgan fingerprint density at radius 2 is 1.80 bits per heavy atom. The summed E-state index contributed by atoms with van der Waals surface area (Å²) in [6.45, 7) is 11.4. The number of ketones is 2. The molecule has 0 radical (unpaired) electrons. The number of nitrogens with two attached hydrogens (primary N) is 1. The molecular formula is C44H61F2N5O4S. The van der Waals surface area contributed by atoms with Gasteiger partial charge >= 0.3 is 0 Å². The number of halogens is 2. The fraction of sp³-hybridized carbons (Fsp3) is 0.545. The number of nitrogens with zero attached hydrogens (tertiary/aromatic N) is 2. The molecule has 1 unspecified atom stereocenters. The zero-order valence-electron chi connectivity index (χ0n) is 33.6. The summed E-state index contributed by atoms with van der Waals surface area (Å²) in [4.78, 5) is 53.5. The van der Waals surface area contributed by atoms with Gasteiger partial charge < -0.3 is 30.6 Å². The summed E-state index contributed by atoms with van der Waals surface area (Å²) in [6, 6.07) is 14.9. The van der Waals surface area contributed by atoms with Crippen molar-refractivity contribution in [3.8, 4) is 11.1 Å². The Balaban J connectivity index is 1.44. The van der Waals surface area contributed by atoms with Crippen LogP contribution in [0.5, 0.6) is 0 Å². The Labute approximate surface area is 335 Å². The predicted octanol–water partition coefficient (Wildman–Crippen LogP) is 7.32. The van der Waals surface area contributed by atoms with Crippen molar-refractivity contribution >= 4 is 35.1 Å². The summed E-state index contributed by atoms with van der Waals surface area (Å²) in [7, 11) is 0. The number of carbonyl (C=O) groups is 4. The van der Waals surface area contributed by atoms with Crippen molar-refractivity contribution < 1.29 is 28.0 Å². The van der Waals surface area contributed by atoms with Gasteiger partial charge in [0, 0.05) is 73.6 Å². The molecule has 3 atom stereocenters. The first kappa shape index (κ1) is 44.8. The quantitative estimate of drug-likeness (QED) is 0.0860. The van der Waals surface area contributed by atoms with Gasteiger partial charge in [0.2, 0.25) is 11.8 Å². The average Bonchev–Trinajstić information content (AvgIpc) is 3.82. The second kappa shape index (κ2) is 22.2. The molecule has 2 amide bonds. The lowest BCUT2D eigenvalue weighted by Crippen LogP contribution is -2.45. The highest BCUT2D eigenvalue weighted by Crippen LogP contribution is 2.42. The first-order valence-corrected chi connectivity index (χ1v) is 21.2. The summed E-state index contributed by atoms with van der Waals surface area (Å²) < 4.78 is 31.7. The van der Waals surface area contributed by atoms with Crippen molar-refractivity contribution in [2.24, 2.45) is 23.0 Å². The number of hydrogen-bond donors (Lipinski definition) is 3. The van der Waals surface area contributed by atoms with Crippen molar-refractivity contribution in [3.63, 3.8) is 0 Å². The Morgan fingerprint density at radius 1 is 1.04 bits per heavy atom. The molecule has 0 saturated carbocycles. The molecule has 2 aromatic carbocycles. The van der Waals surface area contributed by atoms with Gasteiger partial charge in [0.05, 0.1) is 11.8 Å². The van der Waals surface area contributed by atoms with E-state index in [4.69, 9.17) is 5.73 Å². The number of amides is 2. The highest BCUT2D eigenvalue weighted by molar-refractivity contribution is 7.99. The molecule has 3 aromatic rings. The molecule has 1 aromatic heterocycles. The zero-order chi connectivity index (χ0) is 40.7. The molecular weight excluding hydrogens is 733 g/mol. The van der Waals surface area contributed by atoms with Crippen LogP contribution in [-0.4, -0.2) is 77.1 Å². The Morgan fingerprint density at radius 3 is 2.48 bits per heavy atom. The first-order chi connectivity index (χ1) is 26.8. The van der Waals surface area contributed by atoms with Crippen molar-refractivity contribution in [1.29, 1.82) is 0 Å².